The van der Waals surface area contributed by atoms with Crippen LogP contribution in [0.4, 0.5) is 0 Å². The number of rotatable bonds is 5. The van der Waals surface area contributed by atoms with E-state index in [4.69, 9.17) is 5.73 Å². The van der Waals surface area contributed by atoms with Crippen molar-refractivity contribution in [3.63, 3.8) is 0 Å². The number of nitrogens with zero attached hydrogens (tertiary/aromatic N) is 3. The van der Waals surface area contributed by atoms with Gasteiger partial charge in [0.25, 0.3) is 0 Å². The summed E-state index contributed by atoms with van der Waals surface area (Å²) < 4.78 is 1.69. The summed E-state index contributed by atoms with van der Waals surface area (Å²) in [6.07, 6.45) is 8.20. The smallest absolute Gasteiger partial charge is 0.244 e. The number of aromatic nitrogens is 2. The maximum Gasteiger partial charge on any atom is 0.244 e. The first kappa shape index (κ1) is 14.1. The molecule has 2 N–H and O–H groups in total. The normalized spacial score (nSPS) is 23.3. The summed E-state index contributed by atoms with van der Waals surface area (Å²) in [6, 6.07) is 2.15. The van der Waals surface area contributed by atoms with Gasteiger partial charge >= 0.3 is 0 Å². The molecule has 5 heteroatoms. The third-order valence-corrected chi connectivity index (χ3v) is 4.09. The molecule has 2 rings (SSSR count). The van der Waals surface area contributed by atoms with Crippen molar-refractivity contribution in [3.05, 3.63) is 18.5 Å². The summed E-state index contributed by atoms with van der Waals surface area (Å²) in [5, 5.41) is 4.10. The van der Waals surface area contributed by atoms with E-state index in [2.05, 4.69) is 5.10 Å². The summed E-state index contributed by atoms with van der Waals surface area (Å²) in [7, 11) is 0. The van der Waals surface area contributed by atoms with Gasteiger partial charge in [-0.2, -0.15) is 5.10 Å². The quantitative estimate of drug-likeness (QED) is 0.870. The van der Waals surface area contributed by atoms with Crippen LogP contribution in [0.1, 0.15) is 32.6 Å². The third kappa shape index (κ3) is 3.35. The molecule has 0 aromatic carbocycles. The molecular weight excluding hydrogens is 240 g/mol. The number of carbonyl (C=O) groups excluding carboxylic acids is 1. The Bertz CT molecular complexity index is 390. The average molecular weight is 264 g/mol. The fourth-order valence-electron chi connectivity index (χ4n) is 3.09. The first-order valence-electron chi connectivity index (χ1n) is 7.23. The number of hydrogen-bond donors (Lipinski definition) is 1. The zero-order valence-electron chi connectivity index (χ0n) is 11.7. The Morgan fingerprint density at radius 2 is 2.26 bits per heavy atom. The summed E-state index contributed by atoms with van der Waals surface area (Å²) in [5.74, 6) is 0.604. The molecule has 1 aromatic heterocycles. The topological polar surface area (TPSA) is 64.2 Å². The number of likely N-dealkylation sites (N-methyl/N-ethyl adjacent to an activating group) is 1. The summed E-state index contributed by atoms with van der Waals surface area (Å²) in [6.45, 7) is 3.80. The molecule has 1 aromatic rings. The van der Waals surface area contributed by atoms with Gasteiger partial charge in [0.1, 0.15) is 6.54 Å². The second kappa shape index (κ2) is 6.70. The Kier molecular flexibility index (Phi) is 4.96. The fourth-order valence-corrected chi connectivity index (χ4v) is 3.09. The van der Waals surface area contributed by atoms with E-state index in [1.807, 2.05) is 24.1 Å². The zero-order chi connectivity index (χ0) is 13.7. The third-order valence-electron chi connectivity index (χ3n) is 4.09. The van der Waals surface area contributed by atoms with E-state index in [0.717, 1.165) is 19.4 Å². The highest BCUT2D eigenvalue weighted by Crippen LogP contribution is 2.28. The van der Waals surface area contributed by atoms with Crippen LogP contribution in [0.15, 0.2) is 18.5 Å². The monoisotopic (exact) mass is 264 g/mol. The standard InChI is InChI=1S/C14H24N4O/c1-2-18(13-7-4-3-6-12(13)10-15)14(19)11-17-9-5-8-16-17/h5,8-9,12-13H,2-4,6-7,10-11,15H2,1H3. The average Bonchev–Trinajstić information content (AvgIpc) is 2.93. The lowest BCUT2D eigenvalue weighted by molar-refractivity contribution is -0.136. The van der Waals surface area contributed by atoms with E-state index in [9.17, 15) is 4.79 Å². The van der Waals surface area contributed by atoms with E-state index in [1.54, 1.807) is 10.9 Å². The van der Waals surface area contributed by atoms with Crippen molar-refractivity contribution >= 4 is 5.91 Å². The molecule has 1 saturated carbocycles. The molecule has 19 heavy (non-hydrogen) atoms. The van der Waals surface area contributed by atoms with Gasteiger partial charge < -0.3 is 10.6 Å². The second-order valence-corrected chi connectivity index (χ2v) is 5.23. The molecule has 1 fully saturated rings. The second-order valence-electron chi connectivity index (χ2n) is 5.23. The van der Waals surface area contributed by atoms with Crippen molar-refractivity contribution in [1.29, 1.82) is 0 Å². The molecule has 106 valence electrons. The van der Waals surface area contributed by atoms with Crippen LogP contribution in [0.25, 0.3) is 0 Å². The van der Waals surface area contributed by atoms with Gasteiger partial charge in [-0.1, -0.05) is 12.8 Å². The first-order chi connectivity index (χ1) is 9.26. The van der Waals surface area contributed by atoms with Crippen molar-refractivity contribution in [1.82, 2.24) is 14.7 Å². The van der Waals surface area contributed by atoms with Gasteiger partial charge in [-0.3, -0.25) is 9.48 Å². The highest BCUT2D eigenvalue weighted by atomic mass is 16.2. The first-order valence-corrected chi connectivity index (χ1v) is 7.23. The molecule has 0 bridgehead atoms. The highest BCUT2D eigenvalue weighted by Gasteiger charge is 2.31. The zero-order valence-corrected chi connectivity index (χ0v) is 11.7. The molecule has 0 radical (unpaired) electrons. The van der Waals surface area contributed by atoms with Crippen LogP contribution >= 0.6 is 0 Å². The largest absolute Gasteiger partial charge is 0.338 e. The van der Waals surface area contributed by atoms with Gasteiger partial charge in [-0.05, 0) is 38.3 Å². The van der Waals surface area contributed by atoms with Gasteiger partial charge in [-0.15, -0.1) is 0 Å². The van der Waals surface area contributed by atoms with Gasteiger partial charge in [-0.25, -0.2) is 0 Å². The molecule has 2 unspecified atom stereocenters. The highest BCUT2D eigenvalue weighted by molar-refractivity contribution is 5.76. The van der Waals surface area contributed by atoms with Crippen molar-refractivity contribution in [2.24, 2.45) is 11.7 Å². The van der Waals surface area contributed by atoms with E-state index >= 15 is 0 Å². The fraction of sp³-hybridized carbons (Fsp3) is 0.714. The van der Waals surface area contributed by atoms with Crippen LogP contribution in [0.3, 0.4) is 0 Å². The maximum absolute atomic E-state index is 12.4. The van der Waals surface area contributed by atoms with Crippen LogP contribution in [0.5, 0.6) is 0 Å². The molecule has 1 heterocycles. The molecule has 0 saturated heterocycles. The van der Waals surface area contributed by atoms with E-state index in [1.165, 1.54) is 12.8 Å². The molecule has 2 atom stereocenters. The lowest BCUT2D eigenvalue weighted by atomic mass is 9.83. The molecule has 1 aliphatic carbocycles. The molecule has 1 aliphatic rings. The summed E-state index contributed by atoms with van der Waals surface area (Å²) >= 11 is 0. The van der Waals surface area contributed by atoms with Crippen LogP contribution in [0.2, 0.25) is 0 Å². The summed E-state index contributed by atoms with van der Waals surface area (Å²) in [5.41, 5.74) is 5.87. The molecular formula is C14H24N4O. The SMILES string of the molecule is CCN(C(=O)Cn1cccn1)C1CCCCC1CN. The van der Waals surface area contributed by atoms with Crippen molar-refractivity contribution in [2.45, 2.75) is 45.2 Å². The number of nitrogens with two attached hydrogens (primary N) is 1. The minimum Gasteiger partial charge on any atom is -0.338 e. The lowest BCUT2D eigenvalue weighted by Gasteiger charge is -2.39. The molecule has 0 aliphatic heterocycles. The molecule has 5 nitrogen and oxygen atoms in total. The van der Waals surface area contributed by atoms with Crippen molar-refractivity contribution < 1.29 is 4.79 Å². The molecule has 0 spiro atoms. The van der Waals surface area contributed by atoms with E-state index in [-0.39, 0.29) is 5.91 Å². The van der Waals surface area contributed by atoms with Gasteiger partial charge in [0.15, 0.2) is 0 Å². The lowest BCUT2D eigenvalue weighted by Crippen LogP contribution is -2.49. The Morgan fingerprint density at radius 1 is 1.47 bits per heavy atom. The van der Waals surface area contributed by atoms with Crippen molar-refractivity contribution in [3.8, 4) is 0 Å². The Morgan fingerprint density at radius 3 is 2.89 bits per heavy atom. The van der Waals surface area contributed by atoms with Gasteiger partial charge in [0.2, 0.25) is 5.91 Å². The van der Waals surface area contributed by atoms with E-state index in [0.29, 0.717) is 25.0 Å². The van der Waals surface area contributed by atoms with E-state index < -0.39 is 0 Å². The minimum absolute atomic E-state index is 0.150. The van der Waals surface area contributed by atoms with Crippen LogP contribution < -0.4 is 5.73 Å². The number of amides is 1. The Hall–Kier alpha value is -1.36. The maximum atomic E-state index is 12.4. The summed E-state index contributed by atoms with van der Waals surface area (Å²) in [4.78, 5) is 14.4. The molecule has 1 amide bonds. The van der Waals surface area contributed by atoms with Gasteiger partial charge in [0, 0.05) is 25.0 Å². The van der Waals surface area contributed by atoms with Crippen LogP contribution in [0, 0.1) is 5.92 Å². The van der Waals surface area contributed by atoms with Crippen LogP contribution in [-0.4, -0.2) is 39.7 Å². The van der Waals surface area contributed by atoms with Crippen molar-refractivity contribution in [2.75, 3.05) is 13.1 Å². The number of carbonyl (C=O) groups is 1. The number of hydrogen-bond acceptors (Lipinski definition) is 3. The Balaban J connectivity index is 2.03. The predicted octanol–water partition coefficient (Wildman–Crippen LogP) is 1.25. The Labute approximate surface area is 114 Å². The minimum atomic E-state index is 0.150. The predicted molar refractivity (Wildman–Crippen MR) is 74.4 cm³/mol. The van der Waals surface area contributed by atoms with Crippen LogP contribution in [-0.2, 0) is 11.3 Å². The van der Waals surface area contributed by atoms with Gasteiger partial charge in [0.05, 0.1) is 0 Å².